The molecule has 0 saturated carbocycles. The van der Waals surface area contributed by atoms with Crippen molar-refractivity contribution in [2.24, 2.45) is 0 Å². The predicted molar refractivity (Wildman–Crippen MR) is 113 cm³/mol. The van der Waals surface area contributed by atoms with Gasteiger partial charge in [-0.05, 0) is 24.6 Å². The molecule has 0 aromatic heterocycles. The zero-order valence-electron chi connectivity index (χ0n) is 17.3. The quantitative estimate of drug-likeness (QED) is 0.692. The first-order valence-corrected chi connectivity index (χ1v) is 10.6. The molecule has 0 spiro atoms. The third kappa shape index (κ3) is 6.15. The van der Waals surface area contributed by atoms with E-state index in [-0.39, 0.29) is 17.9 Å². The Morgan fingerprint density at radius 2 is 1.55 bits per heavy atom. The Kier molecular flexibility index (Phi) is 7.89. The van der Waals surface area contributed by atoms with E-state index in [2.05, 4.69) is 9.80 Å². The van der Waals surface area contributed by atoms with Crippen LogP contribution in [-0.4, -0.2) is 104 Å². The second kappa shape index (κ2) is 10.4. The number of benzene rings is 1. The van der Waals surface area contributed by atoms with Crippen LogP contribution in [0.25, 0.3) is 0 Å². The summed E-state index contributed by atoms with van der Waals surface area (Å²) >= 11 is 5.95. The van der Waals surface area contributed by atoms with Gasteiger partial charge >= 0.3 is 0 Å². The molecule has 0 radical (unpaired) electrons. The molecule has 0 aliphatic carbocycles. The van der Waals surface area contributed by atoms with Crippen LogP contribution in [0.1, 0.15) is 18.5 Å². The van der Waals surface area contributed by atoms with Crippen molar-refractivity contribution < 1.29 is 14.3 Å². The van der Waals surface area contributed by atoms with Crippen LogP contribution in [-0.2, 0) is 14.3 Å². The molecule has 2 saturated heterocycles. The summed E-state index contributed by atoms with van der Waals surface area (Å²) in [6.07, 6.45) is 0. The van der Waals surface area contributed by atoms with E-state index in [0.717, 1.165) is 31.7 Å². The molecule has 1 aromatic carbocycles. The van der Waals surface area contributed by atoms with E-state index < -0.39 is 0 Å². The summed E-state index contributed by atoms with van der Waals surface area (Å²) in [5, 5.41) is 0.694. The number of hydrogen-bond donors (Lipinski definition) is 0. The van der Waals surface area contributed by atoms with E-state index in [1.807, 2.05) is 43.1 Å². The third-order valence-electron chi connectivity index (χ3n) is 5.87. The number of rotatable bonds is 6. The van der Waals surface area contributed by atoms with Crippen LogP contribution >= 0.6 is 11.6 Å². The van der Waals surface area contributed by atoms with Crippen molar-refractivity contribution in [2.75, 3.05) is 72.6 Å². The SMILES string of the molecule is CC(c1ccc(Cl)cc1)N(C)C(=O)CN1CCN(CC(=O)N2CCOCC2)CC1. The van der Waals surface area contributed by atoms with Gasteiger partial charge in [0.15, 0.2) is 0 Å². The maximum Gasteiger partial charge on any atom is 0.236 e. The zero-order valence-corrected chi connectivity index (χ0v) is 18.1. The summed E-state index contributed by atoms with van der Waals surface area (Å²) in [5.74, 6) is 0.277. The molecule has 8 heteroatoms. The molecule has 29 heavy (non-hydrogen) atoms. The van der Waals surface area contributed by atoms with Crippen LogP contribution in [0.15, 0.2) is 24.3 Å². The van der Waals surface area contributed by atoms with Crippen LogP contribution in [0.4, 0.5) is 0 Å². The van der Waals surface area contributed by atoms with Crippen molar-refractivity contribution in [3.63, 3.8) is 0 Å². The lowest BCUT2D eigenvalue weighted by molar-refractivity contribution is -0.138. The molecule has 3 rings (SSSR count). The van der Waals surface area contributed by atoms with Gasteiger partial charge in [0.25, 0.3) is 0 Å². The summed E-state index contributed by atoms with van der Waals surface area (Å²) in [6, 6.07) is 7.61. The lowest BCUT2D eigenvalue weighted by atomic mass is 10.1. The second-order valence-electron chi connectivity index (χ2n) is 7.78. The molecule has 2 amide bonds. The van der Waals surface area contributed by atoms with Crippen molar-refractivity contribution >= 4 is 23.4 Å². The molecule has 0 N–H and O–H groups in total. The lowest BCUT2D eigenvalue weighted by Crippen LogP contribution is -2.53. The molecule has 2 aliphatic heterocycles. The van der Waals surface area contributed by atoms with Crippen molar-refractivity contribution in [1.29, 1.82) is 0 Å². The van der Waals surface area contributed by atoms with Crippen molar-refractivity contribution in [3.05, 3.63) is 34.9 Å². The molecule has 1 aromatic rings. The summed E-state index contributed by atoms with van der Waals surface area (Å²) in [7, 11) is 1.85. The van der Waals surface area contributed by atoms with Gasteiger partial charge in [0.2, 0.25) is 11.8 Å². The number of nitrogens with zero attached hydrogens (tertiary/aromatic N) is 4. The number of halogens is 1. The molecular weight excluding hydrogens is 392 g/mol. The maximum atomic E-state index is 12.7. The van der Waals surface area contributed by atoms with Crippen LogP contribution in [0.2, 0.25) is 5.02 Å². The lowest BCUT2D eigenvalue weighted by Gasteiger charge is -2.36. The molecule has 160 valence electrons. The van der Waals surface area contributed by atoms with Gasteiger partial charge in [-0.2, -0.15) is 0 Å². The third-order valence-corrected chi connectivity index (χ3v) is 6.13. The van der Waals surface area contributed by atoms with E-state index in [1.54, 1.807) is 4.90 Å². The fraction of sp³-hybridized carbons (Fsp3) is 0.619. The smallest absolute Gasteiger partial charge is 0.236 e. The first-order valence-electron chi connectivity index (χ1n) is 10.3. The Bertz CT molecular complexity index is 686. The van der Waals surface area contributed by atoms with Gasteiger partial charge < -0.3 is 14.5 Å². The highest BCUT2D eigenvalue weighted by Crippen LogP contribution is 2.21. The molecule has 2 aliphatic rings. The zero-order chi connectivity index (χ0) is 20.8. The average Bonchev–Trinajstić information content (AvgIpc) is 2.75. The number of ether oxygens (including phenoxy) is 1. The van der Waals surface area contributed by atoms with Crippen molar-refractivity contribution in [1.82, 2.24) is 19.6 Å². The summed E-state index contributed by atoms with van der Waals surface area (Å²) in [6.45, 7) is 8.71. The van der Waals surface area contributed by atoms with E-state index in [1.165, 1.54) is 0 Å². The Morgan fingerprint density at radius 3 is 2.14 bits per heavy atom. The molecule has 2 heterocycles. The standard InChI is InChI=1S/C21H31ClN4O3/c1-17(18-3-5-19(22)6-4-18)23(2)20(27)15-24-7-9-25(10-8-24)16-21(28)26-11-13-29-14-12-26/h3-6,17H,7-16H2,1-2H3. The van der Waals surface area contributed by atoms with Crippen molar-refractivity contribution in [3.8, 4) is 0 Å². The Morgan fingerprint density at radius 1 is 1.00 bits per heavy atom. The van der Waals surface area contributed by atoms with Gasteiger partial charge in [0, 0.05) is 51.3 Å². The number of carbonyl (C=O) groups excluding carboxylic acids is 2. The topological polar surface area (TPSA) is 56.3 Å². The monoisotopic (exact) mass is 422 g/mol. The fourth-order valence-electron chi connectivity index (χ4n) is 3.69. The van der Waals surface area contributed by atoms with E-state index >= 15 is 0 Å². The Labute approximate surface area is 178 Å². The first kappa shape index (κ1) is 22.0. The number of morpholine rings is 1. The predicted octanol–water partition coefficient (Wildman–Crippen LogP) is 1.34. The number of likely N-dealkylation sites (N-methyl/N-ethyl adjacent to an activating group) is 1. The van der Waals surface area contributed by atoms with E-state index in [9.17, 15) is 9.59 Å². The van der Waals surface area contributed by atoms with Crippen LogP contribution in [0.5, 0.6) is 0 Å². The number of carbonyl (C=O) groups is 2. The minimum absolute atomic E-state index is 0.00722. The van der Waals surface area contributed by atoms with Gasteiger partial charge in [-0.15, -0.1) is 0 Å². The van der Waals surface area contributed by atoms with Crippen LogP contribution in [0, 0.1) is 0 Å². The average molecular weight is 423 g/mol. The van der Waals surface area contributed by atoms with Crippen molar-refractivity contribution in [2.45, 2.75) is 13.0 Å². The first-order chi connectivity index (χ1) is 13.9. The fourth-order valence-corrected chi connectivity index (χ4v) is 3.82. The molecule has 2 fully saturated rings. The van der Waals surface area contributed by atoms with Gasteiger partial charge in [-0.25, -0.2) is 0 Å². The molecule has 1 unspecified atom stereocenters. The Balaban J connectivity index is 1.41. The number of hydrogen-bond acceptors (Lipinski definition) is 5. The molecule has 0 bridgehead atoms. The van der Waals surface area contributed by atoms with Crippen LogP contribution in [0.3, 0.4) is 0 Å². The van der Waals surface area contributed by atoms with Gasteiger partial charge in [-0.3, -0.25) is 19.4 Å². The van der Waals surface area contributed by atoms with Gasteiger partial charge in [0.1, 0.15) is 0 Å². The van der Waals surface area contributed by atoms with E-state index in [0.29, 0.717) is 44.4 Å². The molecule has 7 nitrogen and oxygen atoms in total. The molecule has 1 atom stereocenters. The second-order valence-corrected chi connectivity index (χ2v) is 8.21. The number of amides is 2. The van der Waals surface area contributed by atoms with Gasteiger partial charge in [-0.1, -0.05) is 23.7 Å². The highest BCUT2D eigenvalue weighted by molar-refractivity contribution is 6.30. The normalized spacial score (nSPS) is 19.8. The highest BCUT2D eigenvalue weighted by atomic mass is 35.5. The van der Waals surface area contributed by atoms with Crippen LogP contribution < -0.4 is 0 Å². The molecular formula is C21H31ClN4O3. The summed E-state index contributed by atoms with van der Waals surface area (Å²) in [4.78, 5) is 33.1. The highest BCUT2D eigenvalue weighted by Gasteiger charge is 2.25. The summed E-state index contributed by atoms with van der Waals surface area (Å²) < 4.78 is 5.30. The maximum absolute atomic E-state index is 12.7. The summed E-state index contributed by atoms with van der Waals surface area (Å²) in [5.41, 5.74) is 1.07. The Hall–Kier alpha value is -1.67. The van der Waals surface area contributed by atoms with Gasteiger partial charge in [0.05, 0.1) is 32.3 Å². The number of piperazine rings is 1. The van der Waals surface area contributed by atoms with E-state index in [4.69, 9.17) is 16.3 Å². The largest absolute Gasteiger partial charge is 0.378 e. The minimum Gasteiger partial charge on any atom is -0.378 e. The minimum atomic E-state index is -0.00722.